The van der Waals surface area contributed by atoms with Crippen molar-refractivity contribution in [1.29, 1.82) is 0 Å². The van der Waals surface area contributed by atoms with E-state index in [0.29, 0.717) is 5.69 Å². The predicted molar refractivity (Wildman–Crippen MR) is 111 cm³/mol. The van der Waals surface area contributed by atoms with Crippen LogP contribution in [-0.4, -0.2) is 31.3 Å². The van der Waals surface area contributed by atoms with Crippen LogP contribution in [0.5, 0.6) is 5.75 Å². The van der Waals surface area contributed by atoms with Gasteiger partial charge >= 0.3 is 0 Å². The third kappa shape index (κ3) is 4.73. The van der Waals surface area contributed by atoms with Gasteiger partial charge in [-0.25, -0.2) is 0 Å². The molecule has 3 aromatic carbocycles. The standard InChI is InChI=1S/C22H21N3O2/c1-25(2)19-13-7-16(8-14-19)15-23-17-9-11-18(12-10-17)24-22(27)20-5-3-4-6-21(20)26/h3-15,26H,1-2H3,(H,24,27). The number of carbonyl (C=O) groups is 1. The van der Waals surface area contributed by atoms with Gasteiger partial charge in [0, 0.05) is 31.7 Å². The smallest absolute Gasteiger partial charge is 0.259 e. The Morgan fingerprint density at radius 2 is 1.63 bits per heavy atom. The van der Waals surface area contributed by atoms with E-state index in [1.807, 2.05) is 55.4 Å². The Bertz CT molecular complexity index is 946. The molecule has 0 aromatic heterocycles. The Labute approximate surface area is 158 Å². The lowest BCUT2D eigenvalue weighted by molar-refractivity contribution is 0.102. The van der Waals surface area contributed by atoms with Gasteiger partial charge in [0.2, 0.25) is 0 Å². The maximum Gasteiger partial charge on any atom is 0.259 e. The normalized spacial score (nSPS) is 10.7. The van der Waals surface area contributed by atoms with Crippen molar-refractivity contribution >= 4 is 29.2 Å². The third-order valence-electron chi connectivity index (χ3n) is 4.05. The van der Waals surface area contributed by atoms with Gasteiger partial charge in [-0.1, -0.05) is 24.3 Å². The van der Waals surface area contributed by atoms with Crippen LogP contribution in [0, 0.1) is 0 Å². The van der Waals surface area contributed by atoms with E-state index in [-0.39, 0.29) is 17.2 Å². The molecule has 0 spiro atoms. The minimum absolute atomic E-state index is 0.0449. The minimum Gasteiger partial charge on any atom is -0.507 e. The molecule has 0 heterocycles. The average molecular weight is 359 g/mol. The monoisotopic (exact) mass is 359 g/mol. The lowest BCUT2D eigenvalue weighted by Gasteiger charge is -2.11. The number of carbonyl (C=O) groups excluding carboxylic acids is 1. The first kappa shape index (κ1) is 18.2. The summed E-state index contributed by atoms with van der Waals surface area (Å²) in [4.78, 5) is 18.7. The fraction of sp³-hybridized carbons (Fsp3) is 0.0909. The molecule has 0 bridgehead atoms. The molecule has 2 N–H and O–H groups in total. The Balaban J connectivity index is 1.65. The van der Waals surface area contributed by atoms with E-state index in [0.717, 1.165) is 16.9 Å². The largest absolute Gasteiger partial charge is 0.507 e. The Kier molecular flexibility index (Phi) is 5.52. The molecule has 5 nitrogen and oxygen atoms in total. The van der Waals surface area contributed by atoms with Crippen LogP contribution >= 0.6 is 0 Å². The highest BCUT2D eigenvalue weighted by molar-refractivity contribution is 6.06. The number of para-hydroxylation sites is 1. The van der Waals surface area contributed by atoms with Crippen molar-refractivity contribution in [2.45, 2.75) is 0 Å². The number of nitrogens with zero attached hydrogens (tertiary/aromatic N) is 2. The fourth-order valence-electron chi connectivity index (χ4n) is 2.50. The lowest BCUT2D eigenvalue weighted by Crippen LogP contribution is -2.11. The summed E-state index contributed by atoms with van der Waals surface area (Å²) in [6, 6.07) is 21.8. The molecular weight excluding hydrogens is 338 g/mol. The highest BCUT2D eigenvalue weighted by Crippen LogP contribution is 2.20. The van der Waals surface area contributed by atoms with Gasteiger partial charge < -0.3 is 15.3 Å². The summed E-state index contributed by atoms with van der Waals surface area (Å²) in [6.45, 7) is 0. The molecule has 0 atom stereocenters. The van der Waals surface area contributed by atoms with E-state index in [1.165, 1.54) is 6.07 Å². The lowest BCUT2D eigenvalue weighted by atomic mass is 10.2. The quantitative estimate of drug-likeness (QED) is 0.661. The highest BCUT2D eigenvalue weighted by atomic mass is 16.3. The SMILES string of the molecule is CN(C)c1ccc(C=Nc2ccc(NC(=O)c3ccccc3O)cc2)cc1. The molecule has 27 heavy (non-hydrogen) atoms. The summed E-state index contributed by atoms with van der Waals surface area (Å²) in [7, 11) is 4.01. The first-order valence-corrected chi connectivity index (χ1v) is 8.54. The van der Waals surface area contributed by atoms with E-state index in [9.17, 15) is 9.90 Å². The van der Waals surface area contributed by atoms with Crippen LogP contribution in [0.25, 0.3) is 0 Å². The number of nitrogens with one attached hydrogen (secondary N) is 1. The average Bonchev–Trinajstić information content (AvgIpc) is 2.68. The fourth-order valence-corrected chi connectivity index (χ4v) is 2.50. The van der Waals surface area contributed by atoms with E-state index >= 15 is 0 Å². The molecule has 0 saturated heterocycles. The van der Waals surface area contributed by atoms with Gasteiger partial charge in [-0.3, -0.25) is 9.79 Å². The zero-order valence-corrected chi connectivity index (χ0v) is 15.3. The number of aromatic hydroxyl groups is 1. The second kappa shape index (κ2) is 8.19. The Morgan fingerprint density at radius 3 is 2.26 bits per heavy atom. The van der Waals surface area contributed by atoms with Crippen molar-refractivity contribution in [3.05, 3.63) is 83.9 Å². The number of phenolic OH excluding ortho intramolecular Hbond substituents is 1. The number of benzene rings is 3. The van der Waals surface area contributed by atoms with Crippen molar-refractivity contribution in [2.24, 2.45) is 4.99 Å². The first-order chi connectivity index (χ1) is 13.0. The van der Waals surface area contributed by atoms with E-state index in [1.54, 1.807) is 36.5 Å². The van der Waals surface area contributed by atoms with Gasteiger partial charge in [0.15, 0.2) is 0 Å². The Hall–Kier alpha value is -3.60. The Morgan fingerprint density at radius 1 is 0.963 bits per heavy atom. The van der Waals surface area contributed by atoms with Crippen molar-refractivity contribution < 1.29 is 9.90 Å². The summed E-state index contributed by atoms with van der Waals surface area (Å²) >= 11 is 0. The van der Waals surface area contributed by atoms with E-state index in [2.05, 4.69) is 10.3 Å². The summed E-state index contributed by atoms with van der Waals surface area (Å²) in [5.41, 5.74) is 3.81. The molecule has 3 aromatic rings. The van der Waals surface area contributed by atoms with Gasteiger partial charge in [-0.2, -0.15) is 0 Å². The molecule has 1 amide bonds. The molecule has 5 heteroatoms. The molecular formula is C22H21N3O2. The number of amides is 1. The topological polar surface area (TPSA) is 64.9 Å². The molecule has 0 aliphatic carbocycles. The number of anilines is 2. The number of phenols is 1. The summed E-state index contributed by atoms with van der Waals surface area (Å²) in [5, 5.41) is 12.5. The minimum atomic E-state index is -0.356. The molecule has 0 aliphatic heterocycles. The van der Waals surface area contributed by atoms with Crippen LogP contribution in [0.2, 0.25) is 0 Å². The highest BCUT2D eigenvalue weighted by Gasteiger charge is 2.10. The van der Waals surface area contributed by atoms with E-state index in [4.69, 9.17) is 0 Å². The molecule has 3 rings (SSSR count). The zero-order valence-electron chi connectivity index (χ0n) is 15.3. The molecule has 0 unspecified atom stereocenters. The van der Waals surface area contributed by atoms with Gasteiger partial charge in [0.05, 0.1) is 11.3 Å². The number of hydrogen-bond donors (Lipinski definition) is 2. The van der Waals surface area contributed by atoms with Gasteiger partial charge in [0.1, 0.15) is 5.75 Å². The maximum absolute atomic E-state index is 12.2. The molecule has 136 valence electrons. The van der Waals surface area contributed by atoms with Crippen molar-refractivity contribution in [3.63, 3.8) is 0 Å². The van der Waals surface area contributed by atoms with Crippen LogP contribution in [-0.2, 0) is 0 Å². The molecule has 0 fully saturated rings. The third-order valence-corrected chi connectivity index (χ3v) is 4.05. The maximum atomic E-state index is 12.2. The molecule has 0 radical (unpaired) electrons. The second-order valence-electron chi connectivity index (χ2n) is 6.26. The second-order valence-corrected chi connectivity index (χ2v) is 6.26. The summed E-state index contributed by atoms with van der Waals surface area (Å²) < 4.78 is 0. The number of rotatable bonds is 5. The van der Waals surface area contributed by atoms with Gasteiger partial charge in [-0.05, 0) is 54.1 Å². The zero-order chi connectivity index (χ0) is 19.2. The van der Waals surface area contributed by atoms with Crippen LogP contribution in [0.4, 0.5) is 17.1 Å². The van der Waals surface area contributed by atoms with Crippen molar-refractivity contribution in [1.82, 2.24) is 0 Å². The summed E-state index contributed by atoms with van der Waals surface area (Å²) in [6.07, 6.45) is 1.80. The van der Waals surface area contributed by atoms with Crippen molar-refractivity contribution in [3.8, 4) is 5.75 Å². The predicted octanol–water partition coefficient (Wildman–Crippen LogP) is 4.46. The first-order valence-electron chi connectivity index (χ1n) is 8.54. The molecule has 0 aliphatic rings. The van der Waals surface area contributed by atoms with E-state index < -0.39 is 0 Å². The van der Waals surface area contributed by atoms with Crippen LogP contribution < -0.4 is 10.2 Å². The van der Waals surface area contributed by atoms with Crippen LogP contribution in [0.3, 0.4) is 0 Å². The number of aliphatic imine (C=N–C) groups is 1. The van der Waals surface area contributed by atoms with Gasteiger partial charge in [0.25, 0.3) is 5.91 Å². The molecule has 0 saturated carbocycles. The van der Waals surface area contributed by atoms with Crippen LogP contribution in [0.1, 0.15) is 15.9 Å². The van der Waals surface area contributed by atoms with Crippen LogP contribution in [0.15, 0.2) is 77.8 Å². The van der Waals surface area contributed by atoms with Crippen molar-refractivity contribution in [2.75, 3.05) is 24.3 Å². The summed E-state index contributed by atoms with van der Waals surface area (Å²) in [5.74, 6) is -0.401. The number of hydrogen-bond acceptors (Lipinski definition) is 4. The van der Waals surface area contributed by atoms with Gasteiger partial charge in [-0.15, -0.1) is 0 Å².